The highest BCUT2D eigenvalue weighted by Crippen LogP contribution is 2.22. The fraction of sp³-hybridized carbons (Fsp3) is 0.579. The van der Waals surface area contributed by atoms with E-state index >= 15 is 0 Å². The molecule has 0 spiro atoms. The lowest BCUT2D eigenvalue weighted by Crippen LogP contribution is -2.43. The van der Waals surface area contributed by atoms with Crippen LogP contribution in [0.4, 0.5) is 0 Å². The van der Waals surface area contributed by atoms with Gasteiger partial charge in [-0.2, -0.15) is 0 Å². The number of sulfone groups is 1. The molecule has 1 saturated heterocycles. The van der Waals surface area contributed by atoms with E-state index in [9.17, 15) is 18.0 Å². The van der Waals surface area contributed by atoms with Gasteiger partial charge in [0.1, 0.15) is 0 Å². The summed E-state index contributed by atoms with van der Waals surface area (Å²) in [5.41, 5.74) is 1.48. The highest BCUT2D eigenvalue weighted by Gasteiger charge is 2.34. The predicted molar refractivity (Wildman–Crippen MR) is 99.9 cm³/mol. The molecule has 6 nitrogen and oxygen atoms in total. The van der Waals surface area contributed by atoms with E-state index in [1.807, 2.05) is 12.1 Å². The minimum Gasteiger partial charge on any atom is -0.452 e. The van der Waals surface area contributed by atoms with Crippen molar-refractivity contribution in [3.63, 3.8) is 0 Å². The van der Waals surface area contributed by atoms with Crippen molar-refractivity contribution < 1.29 is 22.7 Å². The molecule has 0 radical (unpaired) electrons. The summed E-state index contributed by atoms with van der Waals surface area (Å²) in [6.07, 6.45) is 0.435. The van der Waals surface area contributed by atoms with E-state index in [4.69, 9.17) is 4.74 Å². The van der Waals surface area contributed by atoms with Crippen molar-refractivity contribution in [3.8, 4) is 0 Å². The molecule has 1 aromatic carbocycles. The lowest BCUT2D eigenvalue weighted by atomic mass is 9.87. The number of carbonyl (C=O) groups excluding carboxylic acids is 2. The fourth-order valence-corrected chi connectivity index (χ4v) is 4.79. The van der Waals surface area contributed by atoms with Crippen molar-refractivity contribution in [1.29, 1.82) is 0 Å². The Hall–Kier alpha value is -1.89. The van der Waals surface area contributed by atoms with Crippen molar-refractivity contribution in [3.05, 3.63) is 35.4 Å². The highest BCUT2D eigenvalue weighted by atomic mass is 32.2. The molecule has 144 valence electrons. The van der Waals surface area contributed by atoms with Gasteiger partial charge in [0.25, 0.3) is 5.91 Å². The average molecular weight is 381 g/mol. The van der Waals surface area contributed by atoms with E-state index in [1.165, 1.54) is 4.90 Å². The minimum atomic E-state index is -3.08. The number of nitrogens with zero attached hydrogens (tertiary/aromatic N) is 1. The normalized spacial score (nSPS) is 19.2. The molecule has 1 aromatic rings. The number of ether oxygens (including phenoxy) is 1. The average Bonchev–Trinajstić information content (AvgIpc) is 2.92. The van der Waals surface area contributed by atoms with Crippen LogP contribution in [0.25, 0.3) is 0 Å². The van der Waals surface area contributed by atoms with Crippen molar-refractivity contribution in [2.75, 3.05) is 24.7 Å². The summed E-state index contributed by atoms with van der Waals surface area (Å²) in [5, 5.41) is 0. The van der Waals surface area contributed by atoms with Gasteiger partial charge in [-0.3, -0.25) is 4.79 Å². The summed E-state index contributed by atoms with van der Waals surface area (Å²) < 4.78 is 28.3. The van der Waals surface area contributed by atoms with Crippen molar-refractivity contribution >= 4 is 21.7 Å². The molecular weight excluding hydrogens is 354 g/mol. The Kier molecular flexibility index (Phi) is 6.11. The number of likely N-dealkylation sites (N-methyl/N-ethyl adjacent to an activating group) is 1. The second kappa shape index (κ2) is 7.78. The van der Waals surface area contributed by atoms with Crippen LogP contribution in [0.2, 0.25) is 0 Å². The Morgan fingerprint density at radius 1 is 1.19 bits per heavy atom. The number of benzene rings is 1. The van der Waals surface area contributed by atoms with E-state index < -0.39 is 15.8 Å². The Bertz CT molecular complexity index is 762. The van der Waals surface area contributed by atoms with Crippen molar-refractivity contribution in [2.45, 2.75) is 45.6 Å². The van der Waals surface area contributed by atoms with Gasteiger partial charge in [0.2, 0.25) is 0 Å². The topological polar surface area (TPSA) is 80.8 Å². The van der Waals surface area contributed by atoms with Crippen LogP contribution in [-0.2, 0) is 24.8 Å². The molecule has 1 heterocycles. The first-order valence-corrected chi connectivity index (χ1v) is 10.6. The smallest absolute Gasteiger partial charge is 0.338 e. The Labute approximate surface area is 155 Å². The van der Waals surface area contributed by atoms with E-state index in [2.05, 4.69) is 20.8 Å². The molecule has 1 aliphatic rings. The van der Waals surface area contributed by atoms with Gasteiger partial charge >= 0.3 is 5.97 Å². The zero-order valence-electron chi connectivity index (χ0n) is 15.8. The third kappa shape index (κ3) is 5.06. The van der Waals surface area contributed by atoms with E-state index in [1.54, 1.807) is 19.1 Å². The van der Waals surface area contributed by atoms with Gasteiger partial charge in [0.15, 0.2) is 16.4 Å². The largest absolute Gasteiger partial charge is 0.452 e. The Balaban J connectivity index is 1.94. The van der Waals surface area contributed by atoms with Gasteiger partial charge in [-0.15, -0.1) is 0 Å². The molecule has 0 unspecified atom stereocenters. The third-order valence-corrected chi connectivity index (χ3v) is 6.37. The Morgan fingerprint density at radius 3 is 2.27 bits per heavy atom. The van der Waals surface area contributed by atoms with Crippen LogP contribution in [0.1, 0.15) is 50.0 Å². The molecule has 1 amide bonds. The molecule has 1 atom stereocenters. The van der Waals surface area contributed by atoms with Gasteiger partial charge in [-0.05, 0) is 36.5 Å². The molecule has 0 N–H and O–H groups in total. The van der Waals surface area contributed by atoms with Crippen molar-refractivity contribution in [2.24, 2.45) is 0 Å². The highest BCUT2D eigenvalue weighted by molar-refractivity contribution is 7.91. The second-order valence-corrected chi connectivity index (χ2v) is 9.87. The van der Waals surface area contributed by atoms with Gasteiger partial charge in [-0.1, -0.05) is 32.9 Å². The summed E-state index contributed by atoms with van der Waals surface area (Å²) in [5.74, 6) is -0.848. The first kappa shape index (κ1) is 20.4. The summed E-state index contributed by atoms with van der Waals surface area (Å²) in [6, 6.07) is 6.80. The zero-order valence-corrected chi connectivity index (χ0v) is 16.6. The zero-order chi connectivity index (χ0) is 19.5. The number of carbonyl (C=O) groups is 2. The molecule has 26 heavy (non-hydrogen) atoms. The molecule has 0 aliphatic carbocycles. The van der Waals surface area contributed by atoms with Crippen molar-refractivity contribution in [1.82, 2.24) is 4.90 Å². The summed E-state index contributed by atoms with van der Waals surface area (Å²) >= 11 is 0. The molecule has 0 bridgehead atoms. The van der Waals surface area contributed by atoms with Crippen LogP contribution >= 0.6 is 0 Å². The summed E-state index contributed by atoms with van der Waals surface area (Å²) in [7, 11) is -3.08. The maximum absolute atomic E-state index is 12.3. The minimum absolute atomic E-state index is 0.0123. The van der Waals surface area contributed by atoms with Crippen LogP contribution in [0.15, 0.2) is 24.3 Å². The lowest BCUT2D eigenvalue weighted by molar-refractivity contribution is -0.136. The maximum Gasteiger partial charge on any atom is 0.338 e. The van der Waals surface area contributed by atoms with E-state index in [0.29, 0.717) is 18.5 Å². The number of rotatable bonds is 5. The maximum atomic E-state index is 12.3. The van der Waals surface area contributed by atoms with Gasteiger partial charge in [0, 0.05) is 12.6 Å². The van der Waals surface area contributed by atoms with Crippen LogP contribution in [0, 0.1) is 0 Å². The first-order chi connectivity index (χ1) is 12.0. The van der Waals surface area contributed by atoms with E-state index in [-0.39, 0.29) is 35.5 Å². The monoisotopic (exact) mass is 381 g/mol. The SMILES string of the molecule is CCN(C(=O)COC(=O)c1ccc(C(C)(C)C)cc1)[C@@H]1CCS(=O)(=O)C1. The molecule has 0 aromatic heterocycles. The van der Waals surface area contributed by atoms with Gasteiger partial charge in [-0.25, -0.2) is 13.2 Å². The van der Waals surface area contributed by atoms with Gasteiger partial charge < -0.3 is 9.64 Å². The molecule has 1 fully saturated rings. The van der Waals surface area contributed by atoms with Gasteiger partial charge in [0.05, 0.1) is 17.1 Å². The molecule has 1 aliphatic heterocycles. The number of hydrogen-bond donors (Lipinski definition) is 0. The van der Waals surface area contributed by atoms with Crippen LogP contribution < -0.4 is 0 Å². The van der Waals surface area contributed by atoms with Crippen LogP contribution in [0.5, 0.6) is 0 Å². The predicted octanol–water partition coefficient (Wildman–Crippen LogP) is 2.18. The fourth-order valence-electron chi connectivity index (χ4n) is 3.06. The van der Waals surface area contributed by atoms with E-state index in [0.717, 1.165) is 5.56 Å². The number of hydrogen-bond acceptors (Lipinski definition) is 5. The molecule has 0 saturated carbocycles. The summed E-state index contributed by atoms with van der Waals surface area (Å²) in [4.78, 5) is 26.0. The standard InChI is InChI=1S/C19H27NO5S/c1-5-20(16-10-11-26(23,24)13-16)17(21)12-25-18(22)14-6-8-15(9-7-14)19(2,3)4/h6-9,16H,5,10-13H2,1-4H3/t16-/m1/s1. The second-order valence-electron chi connectivity index (χ2n) is 7.64. The molecule has 7 heteroatoms. The third-order valence-electron chi connectivity index (χ3n) is 4.62. The summed E-state index contributed by atoms with van der Waals surface area (Å²) in [6.45, 7) is 8.04. The lowest BCUT2D eigenvalue weighted by Gasteiger charge is -2.26. The number of amides is 1. The quantitative estimate of drug-likeness (QED) is 0.730. The first-order valence-electron chi connectivity index (χ1n) is 8.81. The van der Waals surface area contributed by atoms with Crippen LogP contribution in [0.3, 0.4) is 0 Å². The Morgan fingerprint density at radius 2 is 1.81 bits per heavy atom. The van der Waals surface area contributed by atoms with Crippen LogP contribution in [-0.4, -0.2) is 55.9 Å². The molecular formula is C19H27NO5S. The number of esters is 1. The molecule has 2 rings (SSSR count).